The molecule has 25 heavy (non-hydrogen) atoms. The summed E-state index contributed by atoms with van der Waals surface area (Å²) >= 11 is 0. The second-order valence-corrected chi connectivity index (χ2v) is 5.92. The number of nitrogens with zero attached hydrogens (tertiary/aromatic N) is 3. The second-order valence-electron chi connectivity index (χ2n) is 5.92. The van der Waals surface area contributed by atoms with Crippen LogP contribution in [0.3, 0.4) is 0 Å². The van der Waals surface area contributed by atoms with E-state index >= 15 is 0 Å². The number of piperidine rings is 1. The molecule has 1 aliphatic rings. The third-order valence-electron chi connectivity index (χ3n) is 4.41. The lowest BCUT2D eigenvalue weighted by atomic mass is 10.0. The van der Waals surface area contributed by atoms with Gasteiger partial charge in [-0.05, 0) is 31.0 Å². The number of phenols is 1. The lowest BCUT2D eigenvalue weighted by Gasteiger charge is -2.32. The first-order chi connectivity index (χ1) is 12.0. The Morgan fingerprint density at radius 2 is 2.00 bits per heavy atom. The summed E-state index contributed by atoms with van der Waals surface area (Å²) in [5.41, 5.74) is 0.366. The number of carboxylic acids is 1. The first-order valence-corrected chi connectivity index (χ1v) is 7.93. The molecule has 1 fully saturated rings. The molecule has 1 aromatic carbocycles. The minimum absolute atomic E-state index is 0.0519. The van der Waals surface area contributed by atoms with E-state index in [1.807, 2.05) is 0 Å². The topological polar surface area (TPSA) is 105 Å². The normalized spacial score (nSPS) is 15.2. The van der Waals surface area contributed by atoms with Gasteiger partial charge in [0.25, 0.3) is 5.91 Å². The number of amides is 1. The molecule has 0 atom stereocenters. The summed E-state index contributed by atoms with van der Waals surface area (Å²) in [6.45, 7) is 1.00. The van der Waals surface area contributed by atoms with E-state index in [-0.39, 0.29) is 28.8 Å². The van der Waals surface area contributed by atoms with Crippen LogP contribution in [-0.2, 0) is 0 Å². The highest BCUT2D eigenvalue weighted by atomic mass is 16.5. The van der Waals surface area contributed by atoms with Crippen molar-refractivity contribution in [2.45, 2.75) is 18.9 Å². The number of benzene rings is 1. The Balaban J connectivity index is 1.67. The summed E-state index contributed by atoms with van der Waals surface area (Å²) in [5, 5.41) is 23.0. The summed E-state index contributed by atoms with van der Waals surface area (Å²) in [7, 11) is 1.50. The average molecular weight is 345 g/mol. The Kier molecular flexibility index (Phi) is 4.60. The van der Waals surface area contributed by atoms with Crippen molar-refractivity contribution in [2.75, 3.05) is 20.2 Å². The van der Waals surface area contributed by atoms with Crippen molar-refractivity contribution in [1.82, 2.24) is 14.7 Å². The van der Waals surface area contributed by atoms with Crippen molar-refractivity contribution in [3.8, 4) is 11.5 Å². The SMILES string of the molecule is COc1ccc(O)c(C(=O)N2CCC(n3cc(C(=O)O)cn3)CC2)c1. The zero-order valence-corrected chi connectivity index (χ0v) is 13.8. The monoisotopic (exact) mass is 345 g/mol. The molecule has 0 spiro atoms. The van der Waals surface area contributed by atoms with Gasteiger partial charge in [-0.1, -0.05) is 0 Å². The second kappa shape index (κ2) is 6.84. The largest absolute Gasteiger partial charge is 0.507 e. The number of likely N-dealkylation sites (tertiary alicyclic amines) is 1. The van der Waals surface area contributed by atoms with Crippen LogP contribution < -0.4 is 4.74 Å². The average Bonchev–Trinajstić information content (AvgIpc) is 3.12. The highest BCUT2D eigenvalue weighted by molar-refractivity contribution is 5.97. The van der Waals surface area contributed by atoms with E-state index in [0.717, 1.165) is 0 Å². The van der Waals surface area contributed by atoms with Crippen LogP contribution in [0.15, 0.2) is 30.6 Å². The molecule has 0 radical (unpaired) electrons. The summed E-state index contributed by atoms with van der Waals surface area (Å²) in [4.78, 5) is 25.2. The van der Waals surface area contributed by atoms with Crippen molar-refractivity contribution in [3.05, 3.63) is 41.7 Å². The first kappa shape index (κ1) is 16.8. The Morgan fingerprint density at radius 3 is 2.60 bits per heavy atom. The smallest absolute Gasteiger partial charge is 0.338 e. The maximum absolute atomic E-state index is 12.6. The van der Waals surface area contributed by atoms with E-state index in [1.54, 1.807) is 15.6 Å². The van der Waals surface area contributed by atoms with Gasteiger partial charge in [0.1, 0.15) is 11.5 Å². The molecule has 1 amide bonds. The molecule has 0 unspecified atom stereocenters. The third kappa shape index (κ3) is 3.42. The predicted octanol–water partition coefficient (Wildman–Crippen LogP) is 1.77. The molecule has 0 aliphatic carbocycles. The molecular weight excluding hydrogens is 326 g/mol. The van der Waals surface area contributed by atoms with Gasteiger partial charge in [-0.15, -0.1) is 0 Å². The van der Waals surface area contributed by atoms with Crippen molar-refractivity contribution in [1.29, 1.82) is 0 Å². The molecule has 1 aliphatic heterocycles. The van der Waals surface area contributed by atoms with Gasteiger partial charge in [-0.25, -0.2) is 4.79 Å². The van der Waals surface area contributed by atoms with Crippen LogP contribution in [0.1, 0.15) is 39.6 Å². The molecule has 8 nitrogen and oxygen atoms in total. The molecule has 0 saturated carbocycles. The van der Waals surface area contributed by atoms with Crippen LogP contribution in [0.25, 0.3) is 0 Å². The summed E-state index contributed by atoms with van der Waals surface area (Å²) < 4.78 is 6.75. The van der Waals surface area contributed by atoms with Crippen molar-refractivity contribution in [3.63, 3.8) is 0 Å². The molecule has 8 heteroatoms. The van der Waals surface area contributed by atoms with Gasteiger partial charge in [0.15, 0.2) is 0 Å². The summed E-state index contributed by atoms with van der Waals surface area (Å²) in [6.07, 6.45) is 4.17. The van der Waals surface area contributed by atoms with Gasteiger partial charge in [-0.3, -0.25) is 9.48 Å². The molecule has 1 aromatic heterocycles. The minimum Gasteiger partial charge on any atom is -0.507 e. The van der Waals surface area contributed by atoms with Gasteiger partial charge in [-0.2, -0.15) is 5.10 Å². The maximum atomic E-state index is 12.6. The number of ether oxygens (including phenoxy) is 1. The molecule has 2 N–H and O–H groups in total. The number of hydrogen-bond acceptors (Lipinski definition) is 5. The van der Waals surface area contributed by atoms with Gasteiger partial charge in [0, 0.05) is 19.3 Å². The van der Waals surface area contributed by atoms with Gasteiger partial charge < -0.3 is 19.8 Å². The standard InChI is InChI=1S/C17H19N3O5/c1-25-13-2-3-15(21)14(8-13)16(22)19-6-4-12(5-7-19)20-10-11(9-18-20)17(23)24/h2-3,8-10,12,21H,4-7H2,1H3,(H,23,24). The third-order valence-corrected chi connectivity index (χ3v) is 4.41. The number of aromatic carboxylic acids is 1. The first-order valence-electron chi connectivity index (χ1n) is 7.93. The Labute approximate surface area is 144 Å². The number of methoxy groups -OCH3 is 1. The maximum Gasteiger partial charge on any atom is 0.338 e. The Hall–Kier alpha value is -3.03. The molecule has 2 aromatic rings. The van der Waals surface area contributed by atoms with E-state index in [9.17, 15) is 14.7 Å². The van der Waals surface area contributed by atoms with Crippen LogP contribution in [-0.4, -0.2) is 57.0 Å². The van der Waals surface area contributed by atoms with Crippen molar-refractivity contribution >= 4 is 11.9 Å². The quantitative estimate of drug-likeness (QED) is 0.875. The van der Waals surface area contributed by atoms with Crippen molar-refractivity contribution < 1.29 is 24.5 Å². The number of carbonyl (C=O) groups is 2. The molecular formula is C17H19N3O5. The number of phenolic OH excluding ortho intramolecular Hbond substituents is 1. The van der Waals surface area contributed by atoms with Crippen LogP contribution in [0.4, 0.5) is 0 Å². The lowest BCUT2D eigenvalue weighted by molar-refractivity contribution is 0.0685. The minimum atomic E-state index is -1.01. The molecule has 0 bridgehead atoms. The molecule has 3 rings (SSSR count). The fourth-order valence-corrected chi connectivity index (χ4v) is 2.97. The summed E-state index contributed by atoms with van der Waals surface area (Å²) in [6, 6.07) is 4.61. The predicted molar refractivity (Wildman–Crippen MR) is 88.0 cm³/mol. The molecule has 1 saturated heterocycles. The van der Waals surface area contributed by atoms with E-state index in [2.05, 4.69) is 5.10 Å². The number of hydrogen-bond donors (Lipinski definition) is 2. The molecule has 132 valence electrons. The number of aromatic nitrogens is 2. The number of carboxylic acid groups (broad SMARTS) is 1. The van der Waals surface area contributed by atoms with Gasteiger partial charge in [0.2, 0.25) is 0 Å². The van der Waals surface area contributed by atoms with E-state index in [1.165, 1.54) is 31.6 Å². The number of carbonyl (C=O) groups excluding carboxylic acids is 1. The van der Waals surface area contributed by atoms with Crippen LogP contribution >= 0.6 is 0 Å². The number of rotatable bonds is 4. The highest BCUT2D eigenvalue weighted by Gasteiger charge is 2.27. The summed E-state index contributed by atoms with van der Waals surface area (Å²) in [5.74, 6) is -0.825. The fraction of sp³-hybridized carbons (Fsp3) is 0.353. The fourth-order valence-electron chi connectivity index (χ4n) is 2.97. The Morgan fingerprint density at radius 1 is 1.28 bits per heavy atom. The lowest BCUT2D eigenvalue weighted by Crippen LogP contribution is -2.39. The molecule has 2 heterocycles. The number of aromatic hydroxyl groups is 1. The zero-order chi connectivity index (χ0) is 18.0. The van der Waals surface area contributed by atoms with Crippen molar-refractivity contribution in [2.24, 2.45) is 0 Å². The van der Waals surface area contributed by atoms with E-state index < -0.39 is 5.97 Å². The van der Waals surface area contributed by atoms with Gasteiger partial charge >= 0.3 is 5.97 Å². The van der Waals surface area contributed by atoms with Crippen LogP contribution in [0.5, 0.6) is 11.5 Å². The highest BCUT2D eigenvalue weighted by Crippen LogP contribution is 2.27. The van der Waals surface area contributed by atoms with Gasteiger partial charge in [0.05, 0.1) is 30.5 Å². The van der Waals surface area contributed by atoms with Crippen LogP contribution in [0.2, 0.25) is 0 Å². The zero-order valence-electron chi connectivity index (χ0n) is 13.8. The van der Waals surface area contributed by atoms with E-state index in [4.69, 9.17) is 9.84 Å². The van der Waals surface area contributed by atoms with E-state index in [0.29, 0.717) is 31.7 Å². The Bertz CT molecular complexity index is 793. The van der Waals surface area contributed by atoms with Crippen LogP contribution in [0, 0.1) is 0 Å².